The molecule has 0 unspecified atom stereocenters. The van der Waals surface area contributed by atoms with Gasteiger partial charge in [0, 0.05) is 23.3 Å². The summed E-state index contributed by atoms with van der Waals surface area (Å²) in [5.74, 6) is 0. The average molecular weight is 323 g/mol. The first kappa shape index (κ1) is 16.3. The molecule has 0 aromatic heterocycles. The fourth-order valence-corrected chi connectivity index (χ4v) is 3.44. The van der Waals surface area contributed by atoms with Crippen molar-refractivity contribution in [2.24, 2.45) is 0 Å². The highest BCUT2D eigenvalue weighted by Crippen LogP contribution is 2.25. The SMILES string of the molecule is C=CCN(C(=S)Nc1ccc(Cl)cc1C)C1CCCCC1. The fraction of sp³-hybridized carbons (Fsp3) is 0.471. The molecule has 1 N–H and O–H groups in total. The predicted molar refractivity (Wildman–Crippen MR) is 96.2 cm³/mol. The molecule has 0 aliphatic heterocycles. The predicted octanol–water partition coefficient (Wildman–Crippen LogP) is 5.17. The molecule has 0 spiro atoms. The van der Waals surface area contributed by atoms with Crippen LogP contribution >= 0.6 is 23.8 Å². The van der Waals surface area contributed by atoms with E-state index < -0.39 is 0 Å². The van der Waals surface area contributed by atoms with Crippen molar-refractivity contribution in [1.82, 2.24) is 4.90 Å². The maximum absolute atomic E-state index is 6.00. The summed E-state index contributed by atoms with van der Waals surface area (Å²) in [5, 5.41) is 4.90. The van der Waals surface area contributed by atoms with Crippen LogP contribution in [-0.4, -0.2) is 22.6 Å². The summed E-state index contributed by atoms with van der Waals surface area (Å²) in [7, 11) is 0. The Kier molecular flexibility index (Phi) is 6.07. The van der Waals surface area contributed by atoms with Gasteiger partial charge in [0.2, 0.25) is 0 Å². The Bertz CT molecular complexity index is 510. The van der Waals surface area contributed by atoms with E-state index in [9.17, 15) is 0 Å². The summed E-state index contributed by atoms with van der Waals surface area (Å²) in [6, 6.07) is 6.35. The van der Waals surface area contributed by atoms with E-state index in [-0.39, 0.29) is 0 Å². The number of halogens is 1. The van der Waals surface area contributed by atoms with Crippen LogP contribution in [0.4, 0.5) is 5.69 Å². The van der Waals surface area contributed by atoms with Crippen LogP contribution in [0.25, 0.3) is 0 Å². The summed E-state index contributed by atoms with van der Waals surface area (Å²) in [6.45, 7) is 6.70. The second-order valence-corrected chi connectivity index (χ2v) is 6.45. The van der Waals surface area contributed by atoms with Gasteiger partial charge in [0.15, 0.2) is 5.11 Å². The number of nitrogens with zero attached hydrogens (tertiary/aromatic N) is 1. The molecule has 4 heteroatoms. The zero-order valence-corrected chi connectivity index (χ0v) is 14.1. The Morgan fingerprint density at radius 3 is 2.76 bits per heavy atom. The number of benzene rings is 1. The lowest BCUT2D eigenvalue weighted by Crippen LogP contribution is -2.43. The molecule has 0 saturated heterocycles. The highest BCUT2D eigenvalue weighted by atomic mass is 35.5. The van der Waals surface area contributed by atoms with Crippen LogP contribution in [0.5, 0.6) is 0 Å². The molecule has 0 heterocycles. The van der Waals surface area contributed by atoms with E-state index in [0.717, 1.165) is 27.9 Å². The van der Waals surface area contributed by atoms with Crippen LogP contribution in [0, 0.1) is 6.92 Å². The largest absolute Gasteiger partial charge is 0.342 e. The van der Waals surface area contributed by atoms with Gasteiger partial charge in [-0.25, -0.2) is 0 Å². The summed E-state index contributed by atoms with van der Waals surface area (Å²) in [4.78, 5) is 2.27. The third kappa shape index (κ3) is 4.45. The van der Waals surface area contributed by atoms with E-state index in [4.69, 9.17) is 23.8 Å². The third-order valence-corrected chi connectivity index (χ3v) is 4.60. The Hall–Kier alpha value is -1.06. The summed E-state index contributed by atoms with van der Waals surface area (Å²) in [6.07, 6.45) is 8.29. The molecule has 114 valence electrons. The molecule has 1 aromatic carbocycles. The Labute approximate surface area is 138 Å². The van der Waals surface area contributed by atoms with Gasteiger partial charge in [-0.2, -0.15) is 0 Å². The van der Waals surface area contributed by atoms with E-state index >= 15 is 0 Å². The van der Waals surface area contributed by atoms with Crippen molar-refractivity contribution in [3.8, 4) is 0 Å². The van der Waals surface area contributed by atoms with Crippen LogP contribution in [0.2, 0.25) is 5.02 Å². The number of anilines is 1. The van der Waals surface area contributed by atoms with Gasteiger partial charge in [0.1, 0.15) is 0 Å². The van der Waals surface area contributed by atoms with Crippen molar-refractivity contribution in [2.75, 3.05) is 11.9 Å². The van der Waals surface area contributed by atoms with Gasteiger partial charge in [-0.05, 0) is 55.7 Å². The number of rotatable bonds is 4. The monoisotopic (exact) mass is 322 g/mol. The van der Waals surface area contributed by atoms with Crippen LogP contribution in [0.15, 0.2) is 30.9 Å². The van der Waals surface area contributed by atoms with Crippen molar-refractivity contribution < 1.29 is 0 Å². The Balaban J connectivity index is 2.08. The number of hydrogen-bond acceptors (Lipinski definition) is 1. The van der Waals surface area contributed by atoms with Gasteiger partial charge < -0.3 is 10.2 Å². The van der Waals surface area contributed by atoms with Crippen LogP contribution in [-0.2, 0) is 0 Å². The summed E-state index contributed by atoms with van der Waals surface area (Å²) >= 11 is 11.6. The lowest BCUT2D eigenvalue weighted by atomic mass is 9.94. The van der Waals surface area contributed by atoms with Crippen LogP contribution in [0.1, 0.15) is 37.7 Å². The summed E-state index contributed by atoms with van der Waals surface area (Å²) in [5.41, 5.74) is 2.13. The van der Waals surface area contributed by atoms with E-state index in [1.54, 1.807) is 0 Å². The van der Waals surface area contributed by atoms with Crippen molar-refractivity contribution in [3.05, 3.63) is 41.4 Å². The van der Waals surface area contributed by atoms with Crippen molar-refractivity contribution in [2.45, 2.75) is 45.1 Å². The molecule has 0 radical (unpaired) electrons. The fourth-order valence-electron chi connectivity index (χ4n) is 2.88. The number of aryl methyl sites for hydroxylation is 1. The minimum atomic E-state index is 0.532. The molecule has 0 atom stereocenters. The zero-order valence-electron chi connectivity index (χ0n) is 12.6. The zero-order chi connectivity index (χ0) is 15.2. The van der Waals surface area contributed by atoms with Gasteiger partial charge in [0.05, 0.1) is 0 Å². The molecular formula is C17H23ClN2S. The minimum absolute atomic E-state index is 0.532. The molecule has 2 nitrogen and oxygen atoms in total. The van der Waals surface area contributed by atoms with E-state index in [0.29, 0.717) is 6.04 Å². The van der Waals surface area contributed by atoms with Crippen molar-refractivity contribution in [1.29, 1.82) is 0 Å². The Morgan fingerprint density at radius 1 is 1.43 bits per heavy atom. The lowest BCUT2D eigenvalue weighted by molar-refractivity contribution is 0.263. The second kappa shape index (κ2) is 7.81. The maximum atomic E-state index is 6.00. The average Bonchev–Trinajstić information content (AvgIpc) is 2.48. The first-order valence-corrected chi connectivity index (χ1v) is 8.35. The van der Waals surface area contributed by atoms with Gasteiger partial charge in [0.25, 0.3) is 0 Å². The van der Waals surface area contributed by atoms with Gasteiger partial charge in [-0.1, -0.05) is 36.9 Å². The number of hydrogen-bond donors (Lipinski definition) is 1. The highest BCUT2D eigenvalue weighted by Gasteiger charge is 2.22. The molecular weight excluding hydrogens is 300 g/mol. The Morgan fingerprint density at radius 2 is 2.14 bits per heavy atom. The number of thiocarbonyl (C=S) groups is 1. The normalized spacial score (nSPS) is 15.5. The molecule has 1 fully saturated rings. The van der Waals surface area contributed by atoms with Gasteiger partial charge in [-0.3, -0.25) is 0 Å². The molecule has 1 aromatic rings. The molecule has 21 heavy (non-hydrogen) atoms. The minimum Gasteiger partial charge on any atom is -0.342 e. The third-order valence-electron chi connectivity index (χ3n) is 4.03. The van der Waals surface area contributed by atoms with Crippen LogP contribution in [0.3, 0.4) is 0 Å². The van der Waals surface area contributed by atoms with Gasteiger partial charge >= 0.3 is 0 Å². The molecule has 0 amide bonds. The molecule has 1 aliphatic rings. The first-order chi connectivity index (χ1) is 10.1. The topological polar surface area (TPSA) is 15.3 Å². The van der Waals surface area contributed by atoms with Crippen molar-refractivity contribution in [3.63, 3.8) is 0 Å². The maximum Gasteiger partial charge on any atom is 0.173 e. The van der Waals surface area contributed by atoms with E-state index in [1.165, 1.54) is 32.1 Å². The van der Waals surface area contributed by atoms with Crippen LogP contribution < -0.4 is 5.32 Å². The van der Waals surface area contributed by atoms with Crippen molar-refractivity contribution >= 4 is 34.6 Å². The quantitative estimate of drug-likeness (QED) is 0.608. The molecule has 1 saturated carbocycles. The number of nitrogens with one attached hydrogen (secondary N) is 1. The molecule has 0 bridgehead atoms. The first-order valence-electron chi connectivity index (χ1n) is 7.56. The smallest absolute Gasteiger partial charge is 0.173 e. The standard InChI is InChI=1S/C17H23ClN2S/c1-3-11-20(15-7-5-4-6-8-15)17(21)19-16-10-9-14(18)12-13(16)2/h3,9-10,12,15H,1,4-8,11H2,2H3,(H,19,21). The van der Waals surface area contributed by atoms with E-state index in [2.05, 4.69) is 16.8 Å². The highest BCUT2D eigenvalue weighted by molar-refractivity contribution is 7.80. The van der Waals surface area contributed by atoms with Gasteiger partial charge in [-0.15, -0.1) is 6.58 Å². The molecule has 1 aliphatic carbocycles. The van der Waals surface area contributed by atoms with E-state index in [1.807, 2.05) is 31.2 Å². The molecule has 2 rings (SSSR count). The summed E-state index contributed by atoms with van der Waals surface area (Å²) < 4.78 is 0. The lowest BCUT2D eigenvalue weighted by Gasteiger charge is -2.35. The second-order valence-electron chi connectivity index (χ2n) is 5.62.